The highest BCUT2D eigenvalue weighted by Crippen LogP contribution is 2.35. The number of nitriles is 1. The summed E-state index contributed by atoms with van der Waals surface area (Å²) < 4.78 is 10.1. The fraction of sp³-hybridized carbons (Fsp3) is 0.786. The molecule has 1 atom stereocenters. The van der Waals surface area contributed by atoms with Crippen molar-refractivity contribution in [3.8, 4) is 6.07 Å². The Bertz CT molecular complexity index is 422. The molecule has 0 N–H and O–H groups in total. The highest BCUT2D eigenvalue weighted by Gasteiger charge is 2.45. The molecule has 1 fully saturated rings. The molecular weight excluding hydrogens is 260 g/mol. The summed E-state index contributed by atoms with van der Waals surface area (Å²) in [6, 6.07) is 2.02. The SMILES string of the molecule is COC(=O)[C@@]1(CC#N)CCCN(C(=O)OC(C)(C)C)C1. The minimum atomic E-state index is -0.932. The van der Waals surface area contributed by atoms with Crippen LogP contribution in [0.2, 0.25) is 0 Å². The molecule has 112 valence electrons. The zero-order valence-electron chi connectivity index (χ0n) is 12.6. The number of carbonyl (C=O) groups is 2. The molecule has 0 aromatic rings. The van der Waals surface area contributed by atoms with Crippen LogP contribution in [-0.2, 0) is 14.3 Å². The van der Waals surface area contributed by atoms with Gasteiger partial charge in [0.2, 0.25) is 0 Å². The largest absolute Gasteiger partial charge is 0.469 e. The number of carbonyl (C=O) groups excluding carboxylic acids is 2. The third-order valence-electron chi connectivity index (χ3n) is 3.26. The Labute approximate surface area is 119 Å². The monoisotopic (exact) mass is 282 g/mol. The van der Waals surface area contributed by atoms with E-state index in [4.69, 9.17) is 14.7 Å². The lowest BCUT2D eigenvalue weighted by molar-refractivity contribution is -0.155. The van der Waals surface area contributed by atoms with Gasteiger partial charge in [0, 0.05) is 13.1 Å². The summed E-state index contributed by atoms with van der Waals surface area (Å²) in [6.07, 6.45) is 0.782. The lowest BCUT2D eigenvalue weighted by Gasteiger charge is -2.39. The topological polar surface area (TPSA) is 79.6 Å². The predicted molar refractivity (Wildman–Crippen MR) is 71.7 cm³/mol. The average molecular weight is 282 g/mol. The smallest absolute Gasteiger partial charge is 0.410 e. The normalized spacial score (nSPS) is 22.9. The van der Waals surface area contributed by atoms with Crippen LogP contribution < -0.4 is 0 Å². The van der Waals surface area contributed by atoms with Gasteiger partial charge in [-0.15, -0.1) is 0 Å². The number of amides is 1. The van der Waals surface area contributed by atoms with E-state index in [0.717, 1.165) is 0 Å². The van der Waals surface area contributed by atoms with Crippen molar-refractivity contribution in [2.24, 2.45) is 5.41 Å². The maximum Gasteiger partial charge on any atom is 0.410 e. The van der Waals surface area contributed by atoms with Crippen molar-refractivity contribution in [2.75, 3.05) is 20.2 Å². The first-order valence-electron chi connectivity index (χ1n) is 6.67. The maximum absolute atomic E-state index is 12.1. The number of hydrogen-bond donors (Lipinski definition) is 0. The van der Waals surface area contributed by atoms with Crippen molar-refractivity contribution in [3.05, 3.63) is 0 Å². The molecule has 0 bridgehead atoms. The van der Waals surface area contributed by atoms with Crippen molar-refractivity contribution < 1.29 is 19.1 Å². The van der Waals surface area contributed by atoms with E-state index < -0.39 is 23.1 Å². The Kier molecular flexibility index (Phi) is 4.98. The van der Waals surface area contributed by atoms with Gasteiger partial charge in [0.05, 0.1) is 25.0 Å². The number of likely N-dealkylation sites (tertiary alicyclic amines) is 1. The van der Waals surface area contributed by atoms with Crippen LogP contribution in [0, 0.1) is 16.7 Å². The van der Waals surface area contributed by atoms with E-state index in [-0.39, 0.29) is 13.0 Å². The second-order valence-electron chi connectivity index (χ2n) is 6.11. The second kappa shape index (κ2) is 6.12. The Morgan fingerprint density at radius 1 is 1.40 bits per heavy atom. The molecule has 1 aliphatic rings. The van der Waals surface area contributed by atoms with Gasteiger partial charge >= 0.3 is 12.1 Å². The third kappa shape index (κ3) is 3.86. The molecule has 1 saturated heterocycles. The second-order valence-corrected chi connectivity index (χ2v) is 6.11. The van der Waals surface area contributed by atoms with Crippen LogP contribution in [0.3, 0.4) is 0 Å². The third-order valence-corrected chi connectivity index (χ3v) is 3.26. The molecule has 1 amide bonds. The molecule has 0 radical (unpaired) electrons. The van der Waals surface area contributed by atoms with Crippen molar-refractivity contribution in [3.63, 3.8) is 0 Å². The van der Waals surface area contributed by atoms with Gasteiger partial charge in [-0.3, -0.25) is 4.79 Å². The van der Waals surface area contributed by atoms with Crippen molar-refractivity contribution in [1.29, 1.82) is 5.26 Å². The lowest BCUT2D eigenvalue weighted by atomic mass is 9.77. The van der Waals surface area contributed by atoms with Gasteiger partial charge in [-0.05, 0) is 33.6 Å². The Hall–Kier alpha value is -1.77. The summed E-state index contributed by atoms with van der Waals surface area (Å²) >= 11 is 0. The number of nitrogens with zero attached hydrogens (tertiary/aromatic N) is 2. The number of hydrogen-bond acceptors (Lipinski definition) is 5. The first-order valence-corrected chi connectivity index (χ1v) is 6.67. The highest BCUT2D eigenvalue weighted by molar-refractivity contribution is 5.79. The first-order chi connectivity index (χ1) is 9.24. The van der Waals surface area contributed by atoms with E-state index in [2.05, 4.69) is 0 Å². The molecule has 0 aliphatic carbocycles. The van der Waals surface area contributed by atoms with Crippen LogP contribution >= 0.6 is 0 Å². The van der Waals surface area contributed by atoms with Gasteiger partial charge in [-0.2, -0.15) is 5.26 Å². The number of rotatable bonds is 2. The highest BCUT2D eigenvalue weighted by atomic mass is 16.6. The van der Waals surface area contributed by atoms with E-state index in [1.165, 1.54) is 12.0 Å². The minimum absolute atomic E-state index is 0.0406. The minimum Gasteiger partial charge on any atom is -0.469 e. The summed E-state index contributed by atoms with van der Waals surface area (Å²) in [5, 5.41) is 8.95. The molecule has 1 heterocycles. The zero-order valence-corrected chi connectivity index (χ0v) is 12.6. The van der Waals surface area contributed by atoms with E-state index in [0.29, 0.717) is 19.4 Å². The van der Waals surface area contributed by atoms with E-state index in [1.807, 2.05) is 6.07 Å². The molecule has 0 unspecified atom stereocenters. The quantitative estimate of drug-likeness (QED) is 0.724. The molecule has 0 saturated carbocycles. The molecule has 6 nitrogen and oxygen atoms in total. The van der Waals surface area contributed by atoms with Crippen molar-refractivity contribution in [1.82, 2.24) is 4.90 Å². The van der Waals surface area contributed by atoms with E-state index in [9.17, 15) is 9.59 Å². The Morgan fingerprint density at radius 2 is 2.05 bits per heavy atom. The molecule has 0 aromatic heterocycles. The van der Waals surface area contributed by atoms with Crippen LogP contribution in [0.4, 0.5) is 4.79 Å². The Balaban J connectivity index is 2.85. The lowest BCUT2D eigenvalue weighted by Crippen LogP contribution is -2.51. The van der Waals surface area contributed by atoms with Crippen LogP contribution in [0.5, 0.6) is 0 Å². The molecular formula is C14H22N2O4. The molecule has 0 aromatic carbocycles. The van der Waals surface area contributed by atoms with Gasteiger partial charge in [-0.1, -0.05) is 0 Å². The van der Waals surface area contributed by atoms with Gasteiger partial charge in [0.1, 0.15) is 5.60 Å². The number of piperidine rings is 1. The van der Waals surface area contributed by atoms with Gasteiger partial charge in [0.25, 0.3) is 0 Å². The molecule has 1 aliphatic heterocycles. The zero-order chi connectivity index (χ0) is 15.4. The summed E-state index contributed by atoms with van der Waals surface area (Å²) in [5.74, 6) is -0.438. The molecule has 0 spiro atoms. The van der Waals surface area contributed by atoms with Crippen molar-refractivity contribution >= 4 is 12.1 Å². The fourth-order valence-corrected chi connectivity index (χ4v) is 2.36. The van der Waals surface area contributed by atoms with E-state index >= 15 is 0 Å². The predicted octanol–water partition coefficient (Wildman–Crippen LogP) is 2.09. The van der Waals surface area contributed by atoms with Gasteiger partial charge in [0.15, 0.2) is 0 Å². The van der Waals surface area contributed by atoms with Crippen LogP contribution in [0.1, 0.15) is 40.0 Å². The molecule has 20 heavy (non-hydrogen) atoms. The average Bonchev–Trinajstić information content (AvgIpc) is 2.36. The van der Waals surface area contributed by atoms with Crippen LogP contribution in [0.15, 0.2) is 0 Å². The van der Waals surface area contributed by atoms with Gasteiger partial charge in [-0.25, -0.2) is 4.79 Å². The summed E-state index contributed by atoms with van der Waals surface area (Å²) in [4.78, 5) is 25.6. The summed E-state index contributed by atoms with van der Waals surface area (Å²) in [7, 11) is 1.30. The van der Waals surface area contributed by atoms with E-state index in [1.54, 1.807) is 20.8 Å². The standard InChI is InChI=1S/C14H22N2O4/c1-13(2,3)20-12(18)16-9-5-6-14(10-16,7-8-15)11(17)19-4/h5-7,9-10H2,1-4H3/t14-/m1/s1. The van der Waals surface area contributed by atoms with Crippen LogP contribution in [-0.4, -0.2) is 42.8 Å². The van der Waals surface area contributed by atoms with Gasteiger partial charge < -0.3 is 14.4 Å². The number of esters is 1. The number of methoxy groups -OCH3 is 1. The summed E-state index contributed by atoms with van der Waals surface area (Å²) in [5.41, 5.74) is -1.52. The molecule has 6 heteroatoms. The fourth-order valence-electron chi connectivity index (χ4n) is 2.36. The van der Waals surface area contributed by atoms with Crippen molar-refractivity contribution in [2.45, 2.75) is 45.6 Å². The Morgan fingerprint density at radius 3 is 2.55 bits per heavy atom. The molecule has 1 rings (SSSR count). The first kappa shape index (κ1) is 16.3. The summed E-state index contributed by atoms with van der Waals surface area (Å²) in [6.45, 7) is 6.06. The number of ether oxygens (including phenoxy) is 2. The maximum atomic E-state index is 12.1. The van der Waals surface area contributed by atoms with Crippen LogP contribution in [0.25, 0.3) is 0 Å².